The smallest absolute Gasteiger partial charge is 0.225 e. The number of anilines is 2. The summed E-state index contributed by atoms with van der Waals surface area (Å²) >= 11 is 0. The number of imidazole rings is 1. The number of aromatic nitrogens is 4. The van der Waals surface area contributed by atoms with Crippen molar-refractivity contribution in [1.29, 1.82) is 0 Å². The summed E-state index contributed by atoms with van der Waals surface area (Å²) in [6.07, 6.45) is 11.8. The van der Waals surface area contributed by atoms with Crippen molar-refractivity contribution in [3.63, 3.8) is 0 Å². The number of nitrogens with one attached hydrogen (secondary N) is 1. The van der Waals surface area contributed by atoms with Crippen LogP contribution in [0.25, 0.3) is 5.69 Å². The predicted octanol–water partition coefficient (Wildman–Crippen LogP) is 4.25. The van der Waals surface area contributed by atoms with Crippen molar-refractivity contribution in [2.75, 3.05) is 30.4 Å². The lowest BCUT2D eigenvalue weighted by molar-refractivity contribution is 0.275. The van der Waals surface area contributed by atoms with Crippen LogP contribution in [0.5, 0.6) is 0 Å². The van der Waals surface area contributed by atoms with Crippen molar-refractivity contribution < 1.29 is 0 Å². The molecule has 0 unspecified atom stereocenters. The highest BCUT2D eigenvalue weighted by molar-refractivity contribution is 5.50. The van der Waals surface area contributed by atoms with Crippen LogP contribution in [-0.2, 0) is 5.54 Å². The van der Waals surface area contributed by atoms with Crippen LogP contribution in [0.2, 0.25) is 0 Å². The van der Waals surface area contributed by atoms with E-state index in [0.29, 0.717) is 5.95 Å². The molecule has 3 aromatic rings. The van der Waals surface area contributed by atoms with Crippen LogP contribution in [0.1, 0.15) is 49.3 Å². The number of rotatable bonds is 6. The summed E-state index contributed by atoms with van der Waals surface area (Å²) in [6, 6.07) is 10.8. The average Bonchev–Trinajstić information content (AvgIpc) is 3.43. The fourth-order valence-corrected chi connectivity index (χ4v) is 4.78. The lowest BCUT2D eigenvalue weighted by atomic mass is 9.74. The van der Waals surface area contributed by atoms with E-state index in [2.05, 4.69) is 68.8 Å². The van der Waals surface area contributed by atoms with Crippen LogP contribution in [0.15, 0.2) is 61.5 Å². The van der Waals surface area contributed by atoms with E-state index in [9.17, 15) is 0 Å². The van der Waals surface area contributed by atoms with E-state index in [0.717, 1.165) is 49.2 Å². The molecule has 0 radical (unpaired) electrons. The van der Waals surface area contributed by atoms with Gasteiger partial charge in [0.25, 0.3) is 0 Å². The van der Waals surface area contributed by atoms with Crippen molar-refractivity contribution in [3.05, 3.63) is 72.7 Å². The molecule has 1 N–H and O–H groups in total. The van der Waals surface area contributed by atoms with Crippen LogP contribution in [0, 0.1) is 0 Å². The van der Waals surface area contributed by atoms with E-state index in [4.69, 9.17) is 9.97 Å². The van der Waals surface area contributed by atoms with Crippen LogP contribution >= 0.6 is 0 Å². The summed E-state index contributed by atoms with van der Waals surface area (Å²) < 4.78 is 2.14. The molecule has 0 spiro atoms. The van der Waals surface area contributed by atoms with Crippen molar-refractivity contribution in [2.45, 2.75) is 43.6 Å². The van der Waals surface area contributed by atoms with Crippen molar-refractivity contribution >= 4 is 11.8 Å². The SMILES string of the molecule is C=C1N(C)CCN1c1ccnc(NC2(c3cn(-c4cccc(C5CC5)c4)cn3)CCC2)n1. The highest BCUT2D eigenvalue weighted by Crippen LogP contribution is 2.43. The molecule has 32 heavy (non-hydrogen) atoms. The molecule has 7 nitrogen and oxygen atoms in total. The molecule has 1 saturated heterocycles. The normalized spacial score (nSPS) is 19.8. The Morgan fingerprint density at radius 2 is 2.00 bits per heavy atom. The largest absolute Gasteiger partial charge is 0.360 e. The van der Waals surface area contributed by atoms with Gasteiger partial charge in [-0.15, -0.1) is 0 Å². The summed E-state index contributed by atoms with van der Waals surface area (Å²) in [7, 11) is 2.06. The third-order valence-corrected chi connectivity index (χ3v) is 7.18. The van der Waals surface area contributed by atoms with Gasteiger partial charge in [0.2, 0.25) is 5.95 Å². The zero-order chi connectivity index (χ0) is 21.7. The molecule has 3 heterocycles. The number of benzene rings is 1. The van der Waals surface area contributed by atoms with Crippen molar-refractivity contribution in [3.8, 4) is 5.69 Å². The minimum Gasteiger partial charge on any atom is -0.360 e. The molecule has 3 aliphatic rings. The zero-order valence-corrected chi connectivity index (χ0v) is 18.5. The Morgan fingerprint density at radius 3 is 2.72 bits per heavy atom. The Hall–Kier alpha value is -3.35. The van der Waals surface area contributed by atoms with Crippen LogP contribution in [-0.4, -0.2) is 44.6 Å². The second-order valence-corrected chi connectivity index (χ2v) is 9.32. The maximum absolute atomic E-state index is 4.82. The monoisotopic (exact) mass is 427 g/mol. The number of hydrogen-bond acceptors (Lipinski definition) is 6. The predicted molar refractivity (Wildman–Crippen MR) is 126 cm³/mol. The first-order chi connectivity index (χ1) is 15.6. The van der Waals surface area contributed by atoms with Gasteiger partial charge >= 0.3 is 0 Å². The number of nitrogens with zero attached hydrogens (tertiary/aromatic N) is 6. The van der Waals surface area contributed by atoms with Gasteiger partial charge in [-0.3, -0.25) is 0 Å². The molecule has 0 amide bonds. The third kappa shape index (κ3) is 3.32. The molecule has 3 fully saturated rings. The summed E-state index contributed by atoms with van der Waals surface area (Å²) in [5.41, 5.74) is 3.46. The molecule has 1 aromatic carbocycles. The molecular formula is C25H29N7. The molecule has 0 bridgehead atoms. The first-order valence-electron chi connectivity index (χ1n) is 11.5. The highest BCUT2D eigenvalue weighted by Gasteiger charge is 2.41. The van der Waals surface area contributed by atoms with E-state index < -0.39 is 0 Å². The first-order valence-corrected chi connectivity index (χ1v) is 11.5. The Morgan fingerprint density at radius 1 is 1.12 bits per heavy atom. The molecular weight excluding hydrogens is 398 g/mol. The van der Waals surface area contributed by atoms with E-state index in [-0.39, 0.29) is 5.54 Å². The number of likely N-dealkylation sites (N-methyl/N-ethyl adjacent to an activating group) is 1. The second kappa shape index (κ2) is 7.36. The van der Waals surface area contributed by atoms with Gasteiger partial charge in [-0.05, 0) is 61.8 Å². The van der Waals surface area contributed by atoms with Crippen LogP contribution < -0.4 is 10.2 Å². The lowest BCUT2D eigenvalue weighted by Gasteiger charge is -2.41. The van der Waals surface area contributed by atoms with Gasteiger partial charge in [-0.1, -0.05) is 18.7 Å². The third-order valence-electron chi connectivity index (χ3n) is 7.18. The standard InChI is InChI=1S/C25H29N7/c1-18-30(2)13-14-32(18)23-9-12-26-24(28-23)29-25(10-4-11-25)22-16-31(17-27-22)21-6-3-5-20(15-21)19-7-8-19/h3,5-6,9,12,15-17,19H,1,4,7-8,10-11,13-14H2,2H3,(H,26,28,29). The van der Waals surface area contributed by atoms with Crippen LogP contribution in [0.4, 0.5) is 11.8 Å². The van der Waals surface area contributed by atoms with E-state index >= 15 is 0 Å². The minimum absolute atomic E-state index is 0.212. The fraction of sp³-hybridized carbons (Fsp3) is 0.400. The Kier molecular flexibility index (Phi) is 4.45. The quantitative estimate of drug-likeness (QED) is 0.634. The minimum atomic E-state index is -0.212. The van der Waals surface area contributed by atoms with Crippen molar-refractivity contribution in [2.24, 2.45) is 0 Å². The summed E-state index contributed by atoms with van der Waals surface area (Å²) in [5, 5.41) is 3.63. The summed E-state index contributed by atoms with van der Waals surface area (Å²) in [4.78, 5) is 18.4. The molecule has 164 valence electrons. The van der Waals surface area contributed by atoms with Crippen LogP contribution in [0.3, 0.4) is 0 Å². The first kappa shape index (κ1) is 19.3. The molecule has 0 atom stereocenters. The Balaban J connectivity index is 1.25. The van der Waals surface area contributed by atoms with Crippen molar-refractivity contribution in [1.82, 2.24) is 24.4 Å². The average molecular weight is 428 g/mol. The van der Waals surface area contributed by atoms with Gasteiger partial charge in [-0.2, -0.15) is 4.98 Å². The maximum atomic E-state index is 4.82. The van der Waals surface area contributed by atoms with Gasteiger partial charge < -0.3 is 19.7 Å². The van der Waals surface area contributed by atoms with Gasteiger partial charge in [0, 0.05) is 38.2 Å². The molecule has 2 aliphatic carbocycles. The fourth-order valence-electron chi connectivity index (χ4n) is 4.78. The van der Waals surface area contributed by atoms with Gasteiger partial charge in [-0.25, -0.2) is 9.97 Å². The molecule has 2 aromatic heterocycles. The number of hydrogen-bond donors (Lipinski definition) is 1. The maximum Gasteiger partial charge on any atom is 0.225 e. The summed E-state index contributed by atoms with van der Waals surface area (Å²) in [6.45, 7) is 6.03. The van der Waals surface area contributed by atoms with Gasteiger partial charge in [0.15, 0.2) is 0 Å². The highest BCUT2D eigenvalue weighted by atomic mass is 15.4. The second-order valence-electron chi connectivity index (χ2n) is 9.32. The lowest BCUT2D eigenvalue weighted by Crippen LogP contribution is -2.43. The molecule has 7 heteroatoms. The van der Waals surface area contributed by atoms with Gasteiger partial charge in [0.05, 0.1) is 17.6 Å². The van der Waals surface area contributed by atoms with E-state index in [1.807, 2.05) is 18.6 Å². The van der Waals surface area contributed by atoms with Gasteiger partial charge in [0.1, 0.15) is 11.6 Å². The Bertz CT molecular complexity index is 1160. The van der Waals surface area contributed by atoms with E-state index in [1.165, 1.54) is 30.5 Å². The Labute approximate surface area is 188 Å². The molecule has 6 rings (SSSR count). The van der Waals surface area contributed by atoms with E-state index in [1.54, 1.807) is 0 Å². The molecule has 2 saturated carbocycles. The topological polar surface area (TPSA) is 62.1 Å². The molecule has 1 aliphatic heterocycles. The zero-order valence-electron chi connectivity index (χ0n) is 18.5. The summed E-state index contributed by atoms with van der Waals surface area (Å²) in [5.74, 6) is 3.25.